The molecule has 0 bridgehead atoms. The molecule has 0 saturated heterocycles. The van der Waals surface area contributed by atoms with E-state index in [4.69, 9.17) is 9.84 Å². The van der Waals surface area contributed by atoms with Crippen LogP contribution in [0.2, 0.25) is 0 Å². The molecule has 0 spiro atoms. The molecule has 1 atom stereocenters. The molecule has 0 saturated carbocycles. The Morgan fingerprint density at radius 3 is 2.73 bits per heavy atom. The first-order chi connectivity index (χ1) is 7.13. The molecule has 0 heterocycles. The fourth-order valence-corrected chi connectivity index (χ4v) is 2.15. The first kappa shape index (κ1) is 11.7. The lowest BCUT2D eigenvalue weighted by atomic mass is 10.2. The predicted octanol–water partition coefficient (Wildman–Crippen LogP) is 1.03. The molecular formula is C10H12O4S. The Kier molecular flexibility index (Phi) is 4.30. The van der Waals surface area contributed by atoms with Crippen LogP contribution in [0, 0.1) is 0 Å². The van der Waals surface area contributed by atoms with E-state index in [9.17, 15) is 9.00 Å². The Hall–Kier alpha value is -1.36. The second-order valence-electron chi connectivity index (χ2n) is 2.93. The van der Waals surface area contributed by atoms with Gasteiger partial charge in [-0.05, 0) is 6.07 Å². The number of methoxy groups -OCH3 is 1. The normalized spacial score (nSPS) is 12.1. The van der Waals surface area contributed by atoms with E-state index < -0.39 is 16.8 Å². The van der Waals surface area contributed by atoms with E-state index >= 15 is 0 Å². The number of ether oxygens (including phenoxy) is 1. The zero-order valence-electron chi connectivity index (χ0n) is 8.30. The van der Waals surface area contributed by atoms with Crippen LogP contribution in [-0.4, -0.2) is 28.1 Å². The lowest BCUT2D eigenvalue weighted by Crippen LogP contribution is -2.11. The topological polar surface area (TPSA) is 63.6 Å². The van der Waals surface area contributed by atoms with Gasteiger partial charge < -0.3 is 9.84 Å². The molecule has 1 N–H and O–H groups in total. The summed E-state index contributed by atoms with van der Waals surface area (Å²) in [5, 5.41) is 8.46. The van der Waals surface area contributed by atoms with E-state index in [0.717, 1.165) is 5.56 Å². The SMILES string of the molecule is COc1ccccc1CS(=O)CC(=O)O. The van der Waals surface area contributed by atoms with Gasteiger partial charge in [0.2, 0.25) is 0 Å². The fraction of sp³-hybridized carbons (Fsp3) is 0.300. The van der Waals surface area contributed by atoms with Gasteiger partial charge in [0.1, 0.15) is 11.5 Å². The highest BCUT2D eigenvalue weighted by Gasteiger charge is 2.09. The van der Waals surface area contributed by atoms with Gasteiger partial charge in [-0.25, -0.2) is 0 Å². The van der Waals surface area contributed by atoms with Crippen LogP contribution in [0.3, 0.4) is 0 Å². The summed E-state index contributed by atoms with van der Waals surface area (Å²) in [6, 6.07) is 7.14. The van der Waals surface area contributed by atoms with Crippen LogP contribution in [0.1, 0.15) is 5.56 Å². The van der Waals surface area contributed by atoms with Crippen molar-refractivity contribution in [3.05, 3.63) is 29.8 Å². The molecule has 0 aliphatic heterocycles. The highest BCUT2D eigenvalue weighted by Crippen LogP contribution is 2.18. The fourth-order valence-electron chi connectivity index (χ4n) is 1.18. The van der Waals surface area contributed by atoms with Crippen LogP contribution < -0.4 is 4.74 Å². The lowest BCUT2D eigenvalue weighted by molar-refractivity contribution is -0.133. The molecule has 0 aliphatic carbocycles. The van der Waals surface area contributed by atoms with Crippen molar-refractivity contribution in [1.29, 1.82) is 0 Å². The summed E-state index contributed by atoms with van der Waals surface area (Å²) in [5.74, 6) is -0.548. The van der Waals surface area contributed by atoms with Crippen LogP contribution in [0.25, 0.3) is 0 Å². The van der Waals surface area contributed by atoms with Gasteiger partial charge in [-0.1, -0.05) is 18.2 Å². The Bertz CT molecular complexity index is 375. The van der Waals surface area contributed by atoms with Gasteiger partial charge in [0.25, 0.3) is 0 Å². The zero-order chi connectivity index (χ0) is 11.3. The molecule has 0 aromatic heterocycles. The highest BCUT2D eigenvalue weighted by molar-refractivity contribution is 7.84. The van der Waals surface area contributed by atoms with Crippen molar-refractivity contribution in [3.63, 3.8) is 0 Å². The van der Waals surface area contributed by atoms with E-state index in [-0.39, 0.29) is 11.5 Å². The molecule has 1 unspecified atom stereocenters. The Labute approximate surface area is 90.3 Å². The van der Waals surface area contributed by atoms with Crippen LogP contribution in [0.15, 0.2) is 24.3 Å². The van der Waals surface area contributed by atoms with Gasteiger partial charge in [0.15, 0.2) is 0 Å². The molecule has 82 valence electrons. The largest absolute Gasteiger partial charge is 0.496 e. The summed E-state index contributed by atoms with van der Waals surface area (Å²) in [5.41, 5.74) is 0.764. The number of rotatable bonds is 5. The number of aliphatic carboxylic acids is 1. The molecular weight excluding hydrogens is 216 g/mol. The summed E-state index contributed by atoms with van der Waals surface area (Å²) < 4.78 is 16.4. The second kappa shape index (κ2) is 5.50. The molecule has 1 rings (SSSR count). The number of para-hydroxylation sites is 1. The number of carboxylic acid groups (broad SMARTS) is 1. The predicted molar refractivity (Wildman–Crippen MR) is 57.3 cm³/mol. The van der Waals surface area contributed by atoms with Gasteiger partial charge in [-0.3, -0.25) is 9.00 Å². The third kappa shape index (κ3) is 3.71. The maximum atomic E-state index is 11.4. The number of hydrogen-bond donors (Lipinski definition) is 1. The van der Waals surface area contributed by atoms with E-state index in [0.29, 0.717) is 5.75 Å². The third-order valence-corrected chi connectivity index (χ3v) is 3.00. The smallest absolute Gasteiger partial charge is 0.316 e. The number of carbonyl (C=O) groups is 1. The van der Waals surface area contributed by atoms with Crippen molar-refractivity contribution in [2.24, 2.45) is 0 Å². The molecule has 0 aliphatic rings. The third-order valence-electron chi connectivity index (χ3n) is 1.79. The minimum atomic E-state index is -1.39. The van der Waals surface area contributed by atoms with Crippen molar-refractivity contribution in [2.75, 3.05) is 12.9 Å². The lowest BCUT2D eigenvalue weighted by Gasteiger charge is -2.06. The molecule has 0 amide bonds. The first-order valence-electron chi connectivity index (χ1n) is 4.32. The summed E-state index contributed by atoms with van der Waals surface area (Å²) in [7, 11) is 0.134. The van der Waals surface area contributed by atoms with E-state index in [1.807, 2.05) is 6.07 Å². The van der Waals surface area contributed by atoms with Gasteiger partial charge in [0.05, 0.1) is 12.9 Å². The Morgan fingerprint density at radius 1 is 1.47 bits per heavy atom. The van der Waals surface area contributed by atoms with E-state index in [2.05, 4.69) is 0 Å². The average molecular weight is 228 g/mol. The van der Waals surface area contributed by atoms with Gasteiger partial charge >= 0.3 is 5.97 Å². The molecule has 15 heavy (non-hydrogen) atoms. The standard InChI is InChI=1S/C10H12O4S/c1-14-9-5-3-2-4-8(9)6-15(13)7-10(11)12/h2-5H,6-7H2,1H3,(H,11,12). The Balaban J connectivity index is 2.71. The maximum absolute atomic E-state index is 11.4. The minimum Gasteiger partial charge on any atom is -0.496 e. The van der Waals surface area contributed by atoms with Crippen molar-refractivity contribution >= 4 is 16.8 Å². The summed E-state index contributed by atoms with van der Waals surface area (Å²) in [6.07, 6.45) is 0. The van der Waals surface area contributed by atoms with Gasteiger partial charge in [-0.2, -0.15) is 0 Å². The van der Waals surface area contributed by atoms with E-state index in [1.54, 1.807) is 18.2 Å². The molecule has 5 heteroatoms. The highest BCUT2D eigenvalue weighted by atomic mass is 32.2. The monoisotopic (exact) mass is 228 g/mol. The van der Waals surface area contributed by atoms with Crippen molar-refractivity contribution in [3.8, 4) is 5.75 Å². The number of carboxylic acids is 1. The minimum absolute atomic E-state index is 0.205. The summed E-state index contributed by atoms with van der Waals surface area (Å²) in [6.45, 7) is 0. The van der Waals surface area contributed by atoms with Crippen molar-refractivity contribution in [1.82, 2.24) is 0 Å². The van der Waals surface area contributed by atoms with Gasteiger partial charge in [-0.15, -0.1) is 0 Å². The molecule has 4 nitrogen and oxygen atoms in total. The van der Waals surface area contributed by atoms with Crippen LogP contribution >= 0.6 is 0 Å². The van der Waals surface area contributed by atoms with Crippen LogP contribution in [0.4, 0.5) is 0 Å². The molecule has 0 fully saturated rings. The average Bonchev–Trinajstić information content (AvgIpc) is 2.17. The van der Waals surface area contributed by atoms with Gasteiger partial charge in [0, 0.05) is 16.4 Å². The summed E-state index contributed by atoms with van der Waals surface area (Å²) in [4.78, 5) is 10.3. The summed E-state index contributed by atoms with van der Waals surface area (Å²) >= 11 is 0. The molecule has 0 radical (unpaired) electrons. The quantitative estimate of drug-likeness (QED) is 0.817. The molecule has 1 aromatic carbocycles. The van der Waals surface area contributed by atoms with E-state index in [1.165, 1.54) is 7.11 Å². The number of benzene rings is 1. The number of hydrogen-bond acceptors (Lipinski definition) is 3. The van der Waals surface area contributed by atoms with Crippen molar-refractivity contribution in [2.45, 2.75) is 5.75 Å². The second-order valence-corrected chi connectivity index (χ2v) is 4.39. The van der Waals surface area contributed by atoms with Crippen molar-refractivity contribution < 1.29 is 18.8 Å². The first-order valence-corrected chi connectivity index (χ1v) is 5.81. The maximum Gasteiger partial charge on any atom is 0.316 e. The zero-order valence-corrected chi connectivity index (χ0v) is 9.12. The van der Waals surface area contributed by atoms with Crippen LogP contribution in [0.5, 0.6) is 5.75 Å². The Morgan fingerprint density at radius 2 is 2.13 bits per heavy atom. The molecule has 1 aromatic rings. The van der Waals surface area contributed by atoms with Crippen LogP contribution in [-0.2, 0) is 21.3 Å².